The van der Waals surface area contributed by atoms with E-state index in [9.17, 15) is 19.5 Å². The highest BCUT2D eigenvalue weighted by atomic mass is 16.5. The normalized spacial score (nSPS) is 20.0. The molecule has 1 aromatic heterocycles. The zero-order valence-electron chi connectivity index (χ0n) is 25.4. The van der Waals surface area contributed by atoms with Gasteiger partial charge in [0.2, 0.25) is 11.8 Å². The zero-order valence-corrected chi connectivity index (χ0v) is 25.4. The number of aliphatic hydroxyl groups excluding tert-OH is 1. The van der Waals surface area contributed by atoms with Gasteiger partial charge in [0.05, 0.1) is 30.5 Å². The average Bonchev–Trinajstić information content (AvgIpc) is 3.47. The number of nitrogens with one attached hydrogen (secondary N) is 3. The first kappa shape index (κ1) is 31.7. The highest BCUT2D eigenvalue weighted by Crippen LogP contribution is 2.22. The van der Waals surface area contributed by atoms with Crippen molar-refractivity contribution < 1.29 is 24.2 Å². The van der Waals surface area contributed by atoms with Gasteiger partial charge in [-0.25, -0.2) is 0 Å². The molecule has 0 fully saturated rings. The van der Waals surface area contributed by atoms with E-state index >= 15 is 0 Å². The van der Waals surface area contributed by atoms with E-state index in [-0.39, 0.29) is 43.3 Å². The minimum atomic E-state index is -0.634. The van der Waals surface area contributed by atoms with Crippen molar-refractivity contribution in [2.75, 3.05) is 13.2 Å². The molecule has 0 saturated carbocycles. The molecule has 0 radical (unpaired) electrons. The lowest BCUT2D eigenvalue weighted by Gasteiger charge is -2.25. The quantitative estimate of drug-likeness (QED) is 0.154. The molecule has 5 rings (SSSR count). The molecule has 0 bridgehead atoms. The van der Waals surface area contributed by atoms with Gasteiger partial charge in [0.1, 0.15) is 6.61 Å². The van der Waals surface area contributed by atoms with Gasteiger partial charge in [0.15, 0.2) is 0 Å². The molecule has 0 spiro atoms. The van der Waals surface area contributed by atoms with Gasteiger partial charge in [-0.3, -0.25) is 14.4 Å². The predicted molar refractivity (Wildman–Crippen MR) is 174 cm³/mol. The number of carbonyl (C=O) groups excluding carboxylic acids is 3. The molecule has 45 heavy (non-hydrogen) atoms. The number of hydrogen-bond donors (Lipinski definition) is 4. The minimum absolute atomic E-state index is 0.0155. The van der Waals surface area contributed by atoms with E-state index in [0.717, 1.165) is 27.6 Å². The number of benzene rings is 3. The Balaban J connectivity index is 1.33. The SMILES string of the molecule is O=C(C[C@H]1CC=CC[C@@H](Cc2ccccc2)C(=O)OC[C@H](Cc2c[nH]c3ccccc23)NC1=O)N[C@H](CO)Cc1ccccc1. The molecule has 0 aliphatic carbocycles. The second kappa shape index (κ2) is 15.9. The molecule has 4 atom stereocenters. The van der Waals surface area contributed by atoms with Crippen LogP contribution < -0.4 is 10.6 Å². The number of aromatic amines is 1. The van der Waals surface area contributed by atoms with Crippen LogP contribution in [0, 0.1) is 11.8 Å². The van der Waals surface area contributed by atoms with E-state index in [1.807, 2.05) is 103 Å². The van der Waals surface area contributed by atoms with Crippen molar-refractivity contribution in [3.63, 3.8) is 0 Å². The number of aliphatic hydroxyl groups is 1. The van der Waals surface area contributed by atoms with Crippen LogP contribution in [-0.2, 0) is 38.4 Å². The molecule has 0 saturated heterocycles. The molecule has 2 heterocycles. The highest BCUT2D eigenvalue weighted by molar-refractivity contribution is 5.87. The summed E-state index contributed by atoms with van der Waals surface area (Å²) in [6.07, 6.45) is 7.96. The summed E-state index contributed by atoms with van der Waals surface area (Å²) in [4.78, 5) is 43.4. The molecule has 1 aliphatic rings. The number of cyclic esters (lactones) is 1. The molecule has 8 heteroatoms. The van der Waals surface area contributed by atoms with Gasteiger partial charge in [-0.05, 0) is 54.9 Å². The molecular weight excluding hydrogens is 566 g/mol. The molecule has 234 valence electrons. The Hall–Kier alpha value is -4.69. The number of ether oxygens (including phenoxy) is 1. The predicted octanol–water partition coefficient (Wildman–Crippen LogP) is 4.67. The third-order valence-corrected chi connectivity index (χ3v) is 8.29. The summed E-state index contributed by atoms with van der Waals surface area (Å²) in [5, 5.41) is 17.0. The number of amides is 2. The Morgan fingerprint density at radius 1 is 0.867 bits per heavy atom. The smallest absolute Gasteiger partial charge is 0.309 e. The summed E-state index contributed by atoms with van der Waals surface area (Å²) in [7, 11) is 0. The van der Waals surface area contributed by atoms with E-state index in [1.54, 1.807) is 0 Å². The van der Waals surface area contributed by atoms with Crippen LogP contribution >= 0.6 is 0 Å². The number of hydrogen-bond acceptors (Lipinski definition) is 5. The highest BCUT2D eigenvalue weighted by Gasteiger charge is 2.28. The standard InChI is InChI=1S/C37H41N3O5/c41-24-31(20-27-13-5-2-6-14-27)39-35(42)22-28-15-7-8-16-29(19-26-11-3-1-4-12-26)37(44)45-25-32(40-36(28)43)21-30-23-38-34-18-10-9-17-33(30)34/h1-14,17-18,23,28-29,31-32,38,41H,15-16,19-22,24-25H2,(H,39,42)(H,40,43)/t28-,29+,31+,32+/m1/s1. The fraction of sp³-hybridized carbons (Fsp3) is 0.324. The number of allylic oxidation sites excluding steroid dienone is 2. The molecule has 4 aromatic rings. The third-order valence-electron chi connectivity index (χ3n) is 8.29. The monoisotopic (exact) mass is 607 g/mol. The number of aromatic nitrogens is 1. The summed E-state index contributed by atoms with van der Waals surface area (Å²) < 4.78 is 5.86. The molecule has 1 aliphatic heterocycles. The van der Waals surface area contributed by atoms with E-state index in [4.69, 9.17) is 4.74 Å². The Kier molecular flexibility index (Phi) is 11.2. The van der Waals surface area contributed by atoms with Gasteiger partial charge in [-0.15, -0.1) is 0 Å². The van der Waals surface area contributed by atoms with Crippen molar-refractivity contribution in [3.05, 3.63) is 120 Å². The maximum Gasteiger partial charge on any atom is 0.309 e. The number of carbonyl (C=O) groups is 3. The number of H-pyrrole nitrogens is 1. The van der Waals surface area contributed by atoms with Crippen LogP contribution in [0.5, 0.6) is 0 Å². The van der Waals surface area contributed by atoms with Gasteiger partial charge in [-0.1, -0.05) is 91.0 Å². The van der Waals surface area contributed by atoms with Crippen LogP contribution in [0.4, 0.5) is 0 Å². The molecule has 4 N–H and O–H groups in total. The molecular formula is C37H41N3O5. The second-order valence-corrected chi connectivity index (χ2v) is 11.8. The summed E-state index contributed by atoms with van der Waals surface area (Å²) in [6.45, 7) is -0.195. The Morgan fingerprint density at radius 3 is 2.27 bits per heavy atom. The van der Waals surface area contributed by atoms with Gasteiger partial charge in [0.25, 0.3) is 0 Å². The molecule has 8 nitrogen and oxygen atoms in total. The van der Waals surface area contributed by atoms with Crippen LogP contribution in [0.15, 0.2) is 103 Å². The lowest BCUT2D eigenvalue weighted by atomic mass is 9.94. The third kappa shape index (κ3) is 9.16. The maximum atomic E-state index is 13.7. The summed E-state index contributed by atoms with van der Waals surface area (Å²) in [5.41, 5.74) is 4.04. The van der Waals surface area contributed by atoms with E-state index in [2.05, 4.69) is 15.6 Å². The van der Waals surface area contributed by atoms with E-state index in [0.29, 0.717) is 32.1 Å². The molecule has 3 aromatic carbocycles. The van der Waals surface area contributed by atoms with Crippen LogP contribution in [-0.4, -0.2) is 53.2 Å². The van der Waals surface area contributed by atoms with Crippen molar-refractivity contribution in [1.29, 1.82) is 0 Å². The van der Waals surface area contributed by atoms with Crippen LogP contribution in [0.2, 0.25) is 0 Å². The topological polar surface area (TPSA) is 121 Å². The number of fused-ring (bicyclic) bond motifs is 1. The minimum Gasteiger partial charge on any atom is -0.463 e. The lowest BCUT2D eigenvalue weighted by molar-refractivity contribution is -0.150. The van der Waals surface area contributed by atoms with E-state index < -0.39 is 18.0 Å². The first-order valence-corrected chi connectivity index (χ1v) is 15.6. The molecule has 0 unspecified atom stereocenters. The van der Waals surface area contributed by atoms with Crippen molar-refractivity contribution >= 4 is 28.7 Å². The molecule has 2 amide bonds. The van der Waals surface area contributed by atoms with Gasteiger partial charge in [-0.2, -0.15) is 0 Å². The van der Waals surface area contributed by atoms with E-state index in [1.165, 1.54) is 0 Å². The number of para-hydroxylation sites is 1. The Labute approximate surface area is 263 Å². The summed E-state index contributed by atoms with van der Waals surface area (Å²) in [6, 6.07) is 26.5. The van der Waals surface area contributed by atoms with Crippen molar-refractivity contribution in [2.24, 2.45) is 11.8 Å². The largest absolute Gasteiger partial charge is 0.463 e. The second-order valence-electron chi connectivity index (χ2n) is 11.8. The zero-order chi connectivity index (χ0) is 31.4. The Bertz CT molecular complexity index is 1580. The first-order chi connectivity index (χ1) is 22.0. The van der Waals surface area contributed by atoms with Gasteiger partial charge >= 0.3 is 5.97 Å². The van der Waals surface area contributed by atoms with Crippen LogP contribution in [0.25, 0.3) is 10.9 Å². The van der Waals surface area contributed by atoms with Crippen LogP contribution in [0.1, 0.15) is 36.0 Å². The average molecular weight is 608 g/mol. The first-order valence-electron chi connectivity index (χ1n) is 15.6. The number of esters is 1. The fourth-order valence-corrected chi connectivity index (χ4v) is 5.87. The lowest BCUT2D eigenvalue weighted by Crippen LogP contribution is -2.46. The van der Waals surface area contributed by atoms with Crippen molar-refractivity contribution in [2.45, 2.75) is 50.6 Å². The van der Waals surface area contributed by atoms with Gasteiger partial charge in [0, 0.05) is 23.5 Å². The maximum absolute atomic E-state index is 13.7. The van der Waals surface area contributed by atoms with Gasteiger partial charge < -0.3 is 25.5 Å². The van der Waals surface area contributed by atoms with Crippen LogP contribution in [0.3, 0.4) is 0 Å². The van der Waals surface area contributed by atoms with Crippen molar-refractivity contribution in [1.82, 2.24) is 15.6 Å². The van der Waals surface area contributed by atoms with Crippen molar-refractivity contribution in [3.8, 4) is 0 Å². The summed E-state index contributed by atoms with van der Waals surface area (Å²) >= 11 is 0. The Morgan fingerprint density at radius 2 is 1.53 bits per heavy atom. The number of rotatable bonds is 10. The summed E-state index contributed by atoms with van der Waals surface area (Å²) in [5.74, 6) is -1.89. The fourth-order valence-electron chi connectivity index (χ4n) is 5.87.